The van der Waals surface area contributed by atoms with E-state index in [-0.39, 0.29) is 18.0 Å². The van der Waals surface area contributed by atoms with E-state index in [1.807, 2.05) is 30.3 Å². The lowest BCUT2D eigenvalue weighted by Gasteiger charge is -2.36. The van der Waals surface area contributed by atoms with Crippen molar-refractivity contribution in [2.75, 3.05) is 44.2 Å². The Bertz CT molecular complexity index is 1020. The molecule has 2 heterocycles. The molecule has 7 heteroatoms. The number of fused-ring (bicyclic) bond motifs is 1. The number of aromatic carboxylic acids is 1. The van der Waals surface area contributed by atoms with Gasteiger partial charge in [-0.05, 0) is 18.2 Å². The molecule has 30 heavy (non-hydrogen) atoms. The predicted octanol–water partition coefficient (Wildman–Crippen LogP) is 2.35. The number of para-hydroxylation sites is 2. The van der Waals surface area contributed by atoms with Gasteiger partial charge >= 0.3 is 5.97 Å². The van der Waals surface area contributed by atoms with Crippen molar-refractivity contribution >= 4 is 28.5 Å². The molecule has 1 aliphatic rings. The maximum Gasteiger partial charge on any atom is 0.352 e. The smallest absolute Gasteiger partial charge is 0.352 e. The number of nitrogens with one attached hydrogen (secondary N) is 2. The van der Waals surface area contributed by atoms with Gasteiger partial charge in [0.2, 0.25) is 5.91 Å². The zero-order valence-corrected chi connectivity index (χ0v) is 16.8. The first-order valence-corrected chi connectivity index (χ1v) is 10.2. The van der Waals surface area contributed by atoms with E-state index in [1.54, 1.807) is 0 Å². The Hall–Kier alpha value is -3.32. The fourth-order valence-corrected chi connectivity index (χ4v) is 4.01. The van der Waals surface area contributed by atoms with E-state index in [0.29, 0.717) is 12.1 Å². The predicted molar refractivity (Wildman–Crippen MR) is 117 cm³/mol. The van der Waals surface area contributed by atoms with Crippen LogP contribution in [0, 0.1) is 0 Å². The number of aromatic amines is 1. The van der Waals surface area contributed by atoms with Gasteiger partial charge in [0.05, 0.1) is 6.42 Å². The number of carboxylic acid groups (broad SMARTS) is 1. The minimum Gasteiger partial charge on any atom is -0.477 e. The molecular formula is C23H26N4O3. The molecule has 0 aliphatic carbocycles. The van der Waals surface area contributed by atoms with Crippen molar-refractivity contribution in [3.05, 3.63) is 65.9 Å². The van der Waals surface area contributed by atoms with Gasteiger partial charge in [-0.2, -0.15) is 0 Å². The number of anilines is 1. The monoisotopic (exact) mass is 406 g/mol. The quantitative estimate of drug-likeness (QED) is 0.561. The van der Waals surface area contributed by atoms with Gasteiger partial charge < -0.3 is 20.3 Å². The third-order valence-corrected chi connectivity index (χ3v) is 5.61. The van der Waals surface area contributed by atoms with Crippen LogP contribution in [0.5, 0.6) is 0 Å². The van der Waals surface area contributed by atoms with E-state index < -0.39 is 5.97 Å². The number of benzene rings is 2. The third-order valence-electron chi connectivity index (χ3n) is 5.61. The average molecular weight is 406 g/mol. The number of nitrogens with zero attached hydrogens (tertiary/aromatic N) is 2. The lowest BCUT2D eigenvalue weighted by Crippen LogP contribution is -2.48. The lowest BCUT2D eigenvalue weighted by atomic mass is 10.1. The second-order valence-electron chi connectivity index (χ2n) is 7.52. The van der Waals surface area contributed by atoms with Crippen molar-refractivity contribution < 1.29 is 14.7 Å². The normalized spacial score (nSPS) is 14.7. The van der Waals surface area contributed by atoms with E-state index in [0.717, 1.165) is 43.6 Å². The zero-order valence-electron chi connectivity index (χ0n) is 16.8. The minimum absolute atomic E-state index is 0.0490. The molecule has 1 saturated heterocycles. The van der Waals surface area contributed by atoms with Crippen molar-refractivity contribution in [2.45, 2.75) is 6.42 Å². The Balaban J connectivity index is 1.27. The molecule has 1 aromatic heterocycles. The number of carbonyl (C=O) groups excluding carboxylic acids is 1. The maximum atomic E-state index is 12.5. The number of amides is 1. The summed E-state index contributed by atoms with van der Waals surface area (Å²) in [5.74, 6) is -1.21. The molecule has 0 bridgehead atoms. The van der Waals surface area contributed by atoms with E-state index in [4.69, 9.17) is 0 Å². The third kappa shape index (κ3) is 4.46. The Kier molecular flexibility index (Phi) is 5.99. The molecule has 2 aromatic carbocycles. The molecule has 1 fully saturated rings. The van der Waals surface area contributed by atoms with Gasteiger partial charge in [-0.1, -0.05) is 36.4 Å². The van der Waals surface area contributed by atoms with Crippen LogP contribution in [-0.2, 0) is 11.2 Å². The summed E-state index contributed by atoms with van der Waals surface area (Å²) >= 11 is 0. The highest BCUT2D eigenvalue weighted by molar-refractivity contribution is 5.99. The second kappa shape index (κ2) is 9.00. The van der Waals surface area contributed by atoms with Crippen LogP contribution >= 0.6 is 0 Å². The molecule has 4 rings (SSSR count). The molecule has 3 aromatic rings. The highest BCUT2D eigenvalue weighted by atomic mass is 16.4. The second-order valence-corrected chi connectivity index (χ2v) is 7.52. The molecule has 156 valence electrons. The minimum atomic E-state index is -1.05. The zero-order chi connectivity index (χ0) is 20.9. The van der Waals surface area contributed by atoms with Crippen molar-refractivity contribution in [1.29, 1.82) is 0 Å². The van der Waals surface area contributed by atoms with Gasteiger partial charge in [0.1, 0.15) is 5.69 Å². The molecule has 0 saturated carbocycles. The van der Waals surface area contributed by atoms with E-state index in [9.17, 15) is 14.7 Å². The van der Waals surface area contributed by atoms with E-state index >= 15 is 0 Å². The van der Waals surface area contributed by atoms with Gasteiger partial charge in [-0.3, -0.25) is 9.69 Å². The lowest BCUT2D eigenvalue weighted by molar-refractivity contribution is -0.120. The van der Waals surface area contributed by atoms with Crippen molar-refractivity contribution in [3.8, 4) is 0 Å². The summed E-state index contributed by atoms with van der Waals surface area (Å²) in [4.78, 5) is 31.6. The van der Waals surface area contributed by atoms with E-state index in [2.05, 4.69) is 44.4 Å². The molecule has 0 unspecified atom stereocenters. The molecule has 3 N–H and O–H groups in total. The Morgan fingerprint density at radius 2 is 1.67 bits per heavy atom. The molecule has 0 atom stereocenters. The largest absolute Gasteiger partial charge is 0.477 e. The van der Waals surface area contributed by atoms with Crippen LogP contribution in [0.3, 0.4) is 0 Å². The number of piperazine rings is 1. The molecule has 0 radical (unpaired) electrons. The number of rotatable bonds is 7. The van der Waals surface area contributed by atoms with Crippen LogP contribution in [0.1, 0.15) is 16.1 Å². The Labute approximate surface area is 175 Å². The fraction of sp³-hybridized carbons (Fsp3) is 0.304. The van der Waals surface area contributed by atoms with Gasteiger partial charge in [-0.15, -0.1) is 0 Å². The first-order valence-electron chi connectivity index (χ1n) is 10.2. The highest BCUT2D eigenvalue weighted by Gasteiger charge is 2.20. The average Bonchev–Trinajstić information content (AvgIpc) is 3.14. The van der Waals surface area contributed by atoms with Crippen molar-refractivity contribution in [1.82, 2.24) is 15.2 Å². The van der Waals surface area contributed by atoms with Gasteiger partial charge in [0.25, 0.3) is 0 Å². The SMILES string of the molecule is O=C(Cc1c(C(=O)O)[nH]c2ccccc12)NCCN1CCN(c2ccccc2)CC1. The summed E-state index contributed by atoms with van der Waals surface area (Å²) in [7, 11) is 0. The number of H-pyrrole nitrogens is 1. The summed E-state index contributed by atoms with van der Waals surface area (Å²) < 4.78 is 0. The first-order chi connectivity index (χ1) is 14.6. The topological polar surface area (TPSA) is 88.7 Å². The maximum absolute atomic E-state index is 12.5. The number of hydrogen-bond acceptors (Lipinski definition) is 4. The molecule has 7 nitrogen and oxygen atoms in total. The molecular weight excluding hydrogens is 380 g/mol. The van der Waals surface area contributed by atoms with Crippen LogP contribution in [0.4, 0.5) is 5.69 Å². The number of carboxylic acids is 1. The molecule has 1 amide bonds. The number of hydrogen-bond donors (Lipinski definition) is 3. The molecule has 1 aliphatic heterocycles. The first kappa shape index (κ1) is 20.0. The summed E-state index contributed by atoms with van der Waals surface area (Å²) in [5, 5.41) is 13.2. The summed E-state index contributed by atoms with van der Waals surface area (Å²) in [5.41, 5.74) is 2.60. The van der Waals surface area contributed by atoms with Crippen LogP contribution in [-0.4, -0.2) is 66.1 Å². The van der Waals surface area contributed by atoms with Gasteiger partial charge in [0, 0.05) is 61.4 Å². The van der Waals surface area contributed by atoms with Gasteiger partial charge in [0.15, 0.2) is 0 Å². The summed E-state index contributed by atoms with van der Waals surface area (Å²) in [6.07, 6.45) is 0.0490. The highest BCUT2D eigenvalue weighted by Crippen LogP contribution is 2.23. The number of aromatic nitrogens is 1. The van der Waals surface area contributed by atoms with E-state index in [1.165, 1.54) is 5.69 Å². The summed E-state index contributed by atoms with van der Waals surface area (Å²) in [6, 6.07) is 17.7. The number of carbonyl (C=O) groups is 2. The van der Waals surface area contributed by atoms with Crippen LogP contribution in [0.2, 0.25) is 0 Å². The van der Waals surface area contributed by atoms with Crippen LogP contribution < -0.4 is 10.2 Å². The fourth-order valence-electron chi connectivity index (χ4n) is 4.01. The summed E-state index contributed by atoms with van der Waals surface area (Å²) in [6.45, 7) is 5.18. The van der Waals surface area contributed by atoms with Crippen molar-refractivity contribution in [3.63, 3.8) is 0 Å². The van der Waals surface area contributed by atoms with Crippen LogP contribution in [0.15, 0.2) is 54.6 Å². The standard InChI is InChI=1S/C23H26N4O3/c28-21(16-19-18-8-4-5-9-20(18)25-22(19)23(29)30)24-10-11-26-12-14-27(15-13-26)17-6-2-1-3-7-17/h1-9,25H,10-16H2,(H,24,28)(H,29,30). The Morgan fingerprint density at radius 3 is 2.40 bits per heavy atom. The van der Waals surface area contributed by atoms with Crippen LogP contribution in [0.25, 0.3) is 10.9 Å². The molecule has 0 spiro atoms. The Morgan fingerprint density at radius 1 is 0.967 bits per heavy atom. The van der Waals surface area contributed by atoms with Crippen molar-refractivity contribution in [2.24, 2.45) is 0 Å². The van der Waals surface area contributed by atoms with Gasteiger partial charge in [-0.25, -0.2) is 4.79 Å².